The second-order valence-electron chi connectivity index (χ2n) is 7.88. The van der Waals surface area contributed by atoms with Crippen LogP contribution in [0.25, 0.3) is 11.4 Å². The highest BCUT2D eigenvalue weighted by atomic mass is 16.5. The van der Waals surface area contributed by atoms with E-state index >= 15 is 0 Å². The lowest BCUT2D eigenvalue weighted by molar-refractivity contribution is 0.365. The third-order valence-electron chi connectivity index (χ3n) is 5.80. The quantitative estimate of drug-likeness (QED) is 0.420. The number of pyridine rings is 1. The average Bonchev–Trinajstić information content (AvgIpc) is 3.29. The van der Waals surface area contributed by atoms with Gasteiger partial charge in [0.05, 0.1) is 11.5 Å². The second-order valence-corrected chi connectivity index (χ2v) is 7.88. The summed E-state index contributed by atoms with van der Waals surface area (Å²) in [6.07, 6.45) is 3.53. The molecule has 2 aromatic carbocycles. The highest BCUT2D eigenvalue weighted by molar-refractivity contribution is 5.69. The Balaban J connectivity index is 1.75. The zero-order valence-electron chi connectivity index (χ0n) is 18.5. The standard InChI is InChI=1S/C26H28N4O/c1-5-19-8-6-9-21(15-19)23(16-20-12-11-17(2)18(3)14-20)26-29-25(30-31-26)22-10-7-13-28-24(22)27-4/h6-15,23H,5,16H2,1-4H3,(H,27,28). The summed E-state index contributed by atoms with van der Waals surface area (Å²) in [5.74, 6) is 1.87. The van der Waals surface area contributed by atoms with Gasteiger partial charge in [0.25, 0.3) is 0 Å². The van der Waals surface area contributed by atoms with Gasteiger partial charge in [0, 0.05) is 13.2 Å². The van der Waals surface area contributed by atoms with Crippen molar-refractivity contribution in [1.29, 1.82) is 0 Å². The minimum atomic E-state index is -0.0236. The van der Waals surface area contributed by atoms with Gasteiger partial charge >= 0.3 is 0 Å². The molecular weight excluding hydrogens is 384 g/mol. The van der Waals surface area contributed by atoms with Crippen LogP contribution in [-0.4, -0.2) is 22.2 Å². The summed E-state index contributed by atoms with van der Waals surface area (Å²) in [5.41, 5.74) is 7.16. The maximum atomic E-state index is 5.82. The molecule has 4 aromatic rings. The Bertz CT molecular complexity index is 1180. The number of hydrogen-bond acceptors (Lipinski definition) is 5. The van der Waals surface area contributed by atoms with E-state index in [1.165, 1.54) is 27.8 Å². The molecule has 0 fully saturated rings. The molecule has 2 heterocycles. The van der Waals surface area contributed by atoms with Gasteiger partial charge in [-0.1, -0.05) is 54.5 Å². The van der Waals surface area contributed by atoms with Crippen molar-refractivity contribution in [3.8, 4) is 11.4 Å². The third-order valence-corrected chi connectivity index (χ3v) is 5.80. The van der Waals surface area contributed by atoms with E-state index in [0.717, 1.165) is 24.2 Å². The number of hydrogen-bond donors (Lipinski definition) is 1. The van der Waals surface area contributed by atoms with Crippen molar-refractivity contribution in [2.75, 3.05) is 12.4 Å². The van der Waals surface area contributed by atoms with Crippen LogP contribution in [0.2, 0.25) is 0 Å². The van der Waals surface area contributed by atoms with E-state index in [9.17, 15) is 0 Å². The highest BCUT2D eigenvalue weighted by Crippen LogP contribution is 2.31. The van der Waals surface area contributed by atoms with Crippen LogP contribution in [0.15, 0.2) is 65.3 Å². The summed E-state index contributed by atoms with van der Waals surface area (Å²) in [6.45, 7) is 6.46. The maximum absolute atomic E-state index is 5.82. The maximum Gasteiger partial charge on any atom is 0.234 e. The van der Waals surface area contributed by atoms with Crippen LogP contribution in [0.4, 0.5) is 5.82 Å². The molecule has 158 valence electrons. The Morgan fingerprint density at radius 1 is 0.968 bits per heavy atom. The normalized spacial score (nSPS) is 12.0. The Morgan fingerprint density at radius 2 is 1.84 bits per heavy atom. The van der Waals surface area contributed by atoms with Crippen LogP contribution < -0.4 is 5.32 Å². The van der Waals surface area contributed by atoms with Crippen molar-refractivity contribution < 1.29 is 4.52 Å². The van der Waals surface area contributed by atoms with E-state index in [0.29, 0.717) is 11.7 Å². The lowest BCUT2D eigenvalue weighted by Crippen LogP contribution is -2.07. The lowest BCUT2D eigenvalue weighted by atomic mass is 9.89. The fourth-order valence-corrected chi connectivity index (χ4v) is 3.81. The molecule has 2 aromatic heterocycles. The molecule has 5 nitrogen and oxygen atoms in total. The molecule has 5 heteroatoms. The summed E-state index contributed by atoms with van der Waals surface area (Å²) < 4.78 is 5.82. The van der Waals surface area contributed by atoms with Gasteiger partial charge in [-0.3, -0.25) is 0 Å². The van der Waals surface area contributed by atoms with Crippen LogP contribution >= 0.6 is 0 Å². The number of benzene rings is 2. The predicted octanol–water partition coefficient (Wildman–Crippen LogP) is 5.73. The molecule has 1 unspecified atom stereocenters. The van der Waals surface area contributed by atoms with Crippen LogP contribution in [0.5, 0.6) is 0 Å². The molecule has 0 spiro atoms. The van der Waals surface area contributed by atoms with Crippen molar-refractivity contribution in [2.45, 2.75) is 39.5 Å². The van der Waals surface area contributed by atoms with Crippen molar-refractivity contribution in [2.24, 2.45) is 0 Å². The van der Waals surface area contributed by atoms with Crippen LogP contribution in [-0.2, 0) is 12.8 Å². The van der Waals surface area contributed by atoms with E-state index in [-0.39, 0.29) is 5.92 Å². The molecule has 0 aliphatic carbocycles. The van der Waals surface area contributed by atoms with Crippen molar-refractivity contribution in [3.63, 3.8) is 0 Å². The molecule has 1 N–H and O–H groups in total. The van der Waals surface area contributed by atoms with Gasteiger partial charge in [0.1, 0.15) is 5.82 Å². The van der Waals surface area contributed by atoms with Gasteiger partial charge in [-0.15, -0.1) is 0 Å². The Kier molecular flexibility index (Phi) is 6.12. The number of nitrogens with zero attached hydrogens (tertiary/aromatic N) is 3. The molecule has 0 aliphatic rings. The van der Waals surface area contributed by atoms with Gasteiger partial charge in [0.2, 0.25) is 11.7 Å². The van der Waals surface area contributed by atoms with Crippen LogP contribution in [0.1, 0.15) is 46.5 Å². The number of anilines is 1. The van der Waals surface area contributed by atoms with Gasteiger partial charge in [-0.25, -0.2) is 4.98 Å². The van der Waals surface area contributed by atoms with Crippen molar-refractivity contribution in [3.05, 3.63) is 94.5 Å². The van der Waals surface area contributed by atoms with Gasteiger partial charge < -0.3 is 9.84 Å². The smallest absolute Gasteiger partial charge is 0.234 e. The molecule has 1 atom stereocenters. The first kappa shape index (κ1) is 20.8. The second kappa shape index (κ2) is 9.13. The Hall–Kier alpha value is -3.47. The largest absolute Gasteiger partial charge is 0.373 e. The fourth-order valence-electron chi connectivity index (χ4n) is 3.81. The van der Waals surface area contributed by atoms with Crippen molar-refractivity contribution in [1.82, 2.24) is 15.1 Å². The Morgan fingerprint density at radius 3 is 2.61 bits per heavy atom. The van der Waals surface area contributed by atoms with Gasteiger partial charge in [-0.05, 0) is 66.6 Å². The minimum absolute atomic E-state index is 0.0236. The summed E-state index contributed by atoms with van der Waals surface area (Å²) in [6, 6.07) is 19.1. The van der Waals surface area contributed by atoms with Crippen LogP contribution in [0.3, 0.4) is 0 Å². The van der Waals surface area contributed by atoms with Gasteiger partial charge in [0.15, 0.2) is 0 Å². The van der Waals surface area contributed by atoms with E-state index in [1.807, 2.05) is 19.2 Å². The first-order valence-electron chi connectivity index (χ1n) is 10.7. The van der Waals surface area contributed by atoms with E-state index in [1.54, 1.807) is 6.20 Å². The fraction of sp³-hybridized carbons (Fsp3) is 0.269. The molecule has 0 saturated carbocycles. The monoisotopic (exact) mass is 412 g/mol. The number of rotatable bonds is 7. The number of aryl methyl sites for hydroxylation is 3. The molecule has 0 aliphatic heterocycles. The van der Waals surface area contributed by atoms with E-state index in [2.05, 4.69) is 78.7 Å². The SMILES string of the molecule is CCc1cccc(C(Cc2ccc(C)c(C)c2)c2nc(-c3cccnc3NC)no2)c1. The van der Waals surface area contributed by atoms with E-state index in [4.69, 9.17) is 9.51 Å². The van der Waals surface area contributed by atoms with Crippen molar-refractivity contribution >= 4 is 5.82 Å². The molecule has 4 rings (SSSR count). The highest BCUT2D eigenvalue weighted by Gasteiger charge is 2.23. The Labute approximate surface area is 183 Å². The molecule has 0 bridgehead atoms. The molecule has 0 radical (unpaired) electrons. The minimum Gasteiger partial charge on any atom is -0.373 e. The zero-order valence-corrected chi connectivity index (χ0v) is 18.5. The summed E-state index contributed by atoms with van der Waals surface area (Å²) >= 11 is 0. The van der Waals surface area contributed by atoms with Gasteiger partial charge in [-0.2, -0.15) is 4.98 Å². The zero-order chi connectivity index (χ0) is 21.8. The topological polar surface area (TPSA) is 63.8 Å². The number of nitrogens with one attached hydrogen (secondary N) is 1. The molecule has 0 saturated heterocycles. The lowest BCUT2D eigenvalue weighted by Gasteiger charge is -2.15. The summed E-state index contributed by atoms with van der Waals surface area (Å²) in [7, 11) is 1.84. The third kappa shape index (κ3) is 4.50. The predicted molar refractivity (Wildman–Crippen MR) is 124 cm³/mol. The van der Waals surface area contributed by atoms with E-state index < -0.39 is 0 Å². The molecule has 31 heavy (non-hydrogen) atoms. The number of aromatic nitrogens is 3. The molecular formula is C26H28N4O. The van der Waals surface area contributed by atoms with Crippen LogP contribution in [0, 0.1) is 13.8 Å². The average molecular weight is 413 g/mol. The first-order chi connectivity index (χ1) is 15.1. The first-order valence-corrected chi connectivity index (χ1v) is 10.7. The summed E-state index contributed by atoms with van der Waals surface area (Å²) in [4.78, 5) is 9.16. The molecule has 0 amide bonds. The summed E-state index contributed by atoms with van der Waals surface area (Å²) in [5, 5.41) is 7.39.